The number of aromatic nitrogens is 1. The van der Waals surface area contributed by atoms with Gasteiger partial charge in [0.05, 0.1) is 17.6 Å². The molecule has 7 heteroatoms. The predicted molar refractivity (Wildman–Crippen MR) is 77.9 cm³/mol. The summed E-state index contributed by atoms with van der Waals surface area (Å²) in [7, 11) is -3.19. The fourth-order valence-electron chi connectivity index (χ4n) is 2.30. The Labute approximate surface area is 115 Å². The molecule has 3 rings (SSSR count). The maximum Gasteiger partial charge on any atom is 0.232 e. The van der Waals surface area contributed by atoms with Gasteiger partial charge in [0.25, 0.3) is 0 Å². The molecule has 19 heavy (non-hydrogen) atoms. The Morgan fingerprint density at radius 1 is 1.42 bits per heavy atom. The number of benzene rings is 1. The zero-order chi connectivity index (χ0) is 13.6. The molecule has 2 heterocycles. The van der Waals surface area contributed by atoms with E-state index in [9.17, 15) is 8.42 Å². The van der Waals surface area contributed by atoms with Crippen LogP contribution in [0.2, 0.25) is 0 Å². The normalized spacial score (nSPS) is 14.7. The molecule has 0 atom stereocenters. The molecule has 0 amide bonds. The quantitative estimate of drug-likeness (QED) is 0.915. The number of hydrogen-bond acceptors (Lipinski definition) is 5. The van der Waals surface area contributed by atoms with Crippen LogP contribution in [-0.2, 0) is 16.4 Å². The third kappa shape index (κ3) is 2.19. The molecule has 0 fully saturated rings. The van der Waals surface area contributed by atoms with Gasteiger partial charge in [-0.25, -0.2) is 13.4 Å². The second kappa shape index (κ2) is 4.21. The number of anilines is 2. The van der Waals surface area contributed by atoms with Crippen LogP contribution in [0.25, 0.3) is 11.3 Å². The molecular formula is C12H13N3O2S2. The summed E-state index contributed by atoms with van der Waals surface area (Å²) in [4.78, 5) is 4.24. The fraction of sp³-hybridized carbons (Fsp3) is 0.250. The number of nitrogens with two attached hydrogens (primary N) is 1. The number of nitrogens with zero attached hydrogens (tertiary/aromatic N) is 2. The van der Waals surface area contributed by atoms with Gasteiger partial charge >= 0.3 is 0 Å². The summed E-state index contributed by atoms with van der Waals surface area (Å²) in [6.45, 7) is 0.511. The lowest BCUT2D eigenvalue weighted by Gasteiger charge is -2.16. The lowest BCUT2D eigenvalue weighted by atomic mass is 10.1. The van der Waals surface area contributed by atoms with Crippen molar-refractivity contribution in [2.24, 2.45) is 0 Å². The number of hydrogen-bond donors (Lipinski definition) is 1. The molecule has 1 aromatic carbocycles. The van der Waals surface area contributed by atoms with E-state index in [0.717, 1.165) is 28.9 Å². The minimum absolute atomic E-state index is 0.511. The van der Waals surface area contributed by atoms with Crippen molar-refractivity contribution in [3.63, 3.8) is 0 Å². The Morgan fingerprint density at radius 2 is 2.21 bits per heavy atom. The third-order valence-corrected chi connectivity index (χ3v) is 5.00. The SMILES string of the molecule is CS(=O)(=O)N1CCc2cc(-c3csc(N)n3)ccc21. The van der Waals surface area contributed by atoms with E-state index < -0.39 is 10.0 Å². The second-order valence-corrected chi connectivity index (χ2v) is 7.30. The van der Waals surface area contributed by atoms with Gasteiger partial charge in [0.15, 0.2) is 5.13 Å². The first-order valence-corrected chi connectivity index (χ1v) is 8.50. The van der Waals surface area contributed by atoms with Gasteiger partial charge in [0.2, 0.25) is 10.0 Å². The Bertz CT molecular complexity index is 737. The Hall–Kier alpha value is -1.60. The highest BCUT2D eigenvalue weighted by molar-refractivity contribution is 7.92. The molecule has 0 saturated carbocycles. The molecule has 2 aromatic rings. The van der Waals surface area contributed by atoms with Crippen LogP contribution >= 0.6 is 11.3 Å². The van der Waals surface area contributed by atoms with Gasteiger partial charge in [-0.05, 0) is 24.1 Å². The molecule has 5 nitrogen and oxygen atoms in total. The van der Waals surface area contributed by atoms with Crippen molar-refractivity contribution in [2.75, 3.05) is 22.8 Å². The van der Waals surface area contributed by atoms with Crippen LogP contribution in [0.5, 0.6) is 0 Å². The number of nitrogen functional groups attached to an aromatic ring is 1. The molecule has 1 aliphatic heterocycles. The third-order valence-electron chi connectivity index (χ3n) is 3.15. The summed E-state index contributed by atoms with van der Waals surface area (Å²) < 4.78 is 24.8. The largest absolute Gasteiger partial charge is 0.375 e. The molecule has 1 aliphatic rings. The molecule has 0 aliphatic carbocycles. The van der Waals surface area contributed by atoms with E-state index >= 15 is 0 Å². The van der Waals surface area contributed by atoms with Crippen LogP contribution in [0, 0.1) is 0 Å². The van der Waals surface area contributed by atoms with E-state index in [2.05, 4.69) is 4.98 Å². The summed E-state index contributed by atoms with van der Waals surface area (Å²) in [6, 6.07) is 5.72. The molecule has 100 valence electrons. The first-order valence-electron chi connectivity index (χ1n) is 5.77. The summed E-state index contributed by atoms with van der Waals surface area (Å²) in [6.07, 6.45) is 1.97. The molecule has 0 saturated heterocycles. The second-order valence-electron chi connectivity index (χ2n) is 4.50. The number of fused-ring (bicyclic) bond motifs is 1. The highest BCUT2D eigenvalue weighted by Gasteiger charge is 2.26. The molecule has 0 radical (unpaired) electrons. The minimum Gasteiger partial charge on any atom is -0.375 e. The van der Waals surface area contributed by atoms with E-state index in [0.29, 0.717) is 11.7 Å². The zero-order valence-corrected chi connectivity index (χ0v) is 12.0. The van der Waals surface area contributed by atoms with E-state index in [1.165, 1.54) is 21.9 Å². The van der Waals surface area contributed by atoms with Gasteiger partial charge < -0.3 is 5.73 Å². The summed E-state index contributed by atoms with van der Waals surface area (Å²) in [5.41, 5.74) is 9.25. The van der Waals surface area contributed by atoms with E-state index in [1.807, 2.05) is 23.6 Å². The Balaban J connectivity index is 2.03. The first kappa shape index (κ1) is 12.4. The zero-order valence-electron chi connectivity index (χ0n) is 10.3. The standard InChI is InChI=1S/C12H13N3O2S2/c1-19(16,17)15-5-4-9-6-8(2-3-11(9)15)10-7-18-12(13)14-10/h2-3,6-7H,4-5H2,1H3,(H2,13,14). The molecule has 2 N–H and O–H groups in total. The van der Waals surface area contributed by atoms with Crippen LogP contribution in [0.4, 0.5) is 10.8 Å². The van der Waals surface area contributed by atoms with Crippen molar-refractivity contribution >= 4 is 32.2 Å². The van der Waals surface area contributed by atoms with E-state index in [1.54, 1.807) is 0 Å². The van der Waals surface area contributed by atoms with Gasteiger partial charge in [-0.1, -0.05) is 6.07 Å². The molecule has 0 bridgehead atoms. The van der Waals surface area contributed by atoms with Gasteiger partial charge in [0, 0.05) is 17.5 Å². The van der Waals surface area contributed by atoms with E-state index in [4.69, 9.17) is 5.73 Å². The smallest absolute Gasteiger partial charge is 0.232 e. The molecule has 1 aromatic heterocycles. The predicted octanol–water partition coefficient (Wildman–Crippen LogP) is 1.71. The summed E-state index contributed by atoms with van der Waals surface area (Å²) in [5.74, 6) is 0. The molecule has 0 spiro atoms. The van der Waals surface area contributed by atoms with Gasteiger partial charge in [-0.2, -0.15) is 0 Å². The van der Waals surface area contributed by atoms with Crippen molar-refractivity contribution in [2.45, 2.75) is 6.42 Å². The topological polar surface area (TPSA) is 76.3 Å². The van der Waals surface area contributed by atoms with Crippen LogP contribution in [0.15, 0.2) is 23.6 Å². The van der Waals surface area contributed by atoms with Crippen molar-refractivity contribution < 1.29 is 8.42 Å². The van der Waals surface area contributed by atoms with Crippen LogP contribution < -0.4 is 10.0 Å². The van der Waals surface area contributed by atoms with Gasteiger partial charge in [-0.3, -0.25) is 4.31 Å². The number of sulfonamides is 1. The van der Waals surface area contributed by atoms with Crippen molar-refractivity contribution in [3.05, 3.63) is 29.1 Å². The van der Waals surface area contributed by atoms with Crippen molar-refractivity contribution in [1.29, 1.82) is 0 Å². The van der Waals surface area contributed by atoms with Gasteiger partial charge in [-0.15, -0.1) is 11.3 Å². The average molecular weight is 295 g/mol. The maximum absolute atomic E-state index is 11.7. The summed E-state index contributed by atoms with van der Waals surface area (Å²) in [5, 5.41) is 2.44. The first-order chi connectivity index (χ1) is 8.95. The Morgan fingerprint density at radius 3 is 2.84 bits per heavy atom. The fourth-order valence-corrected chi connectivity index (χ4v) is 3.83. The van der Waals surface area contributed by atoms with Crippen LogP contribution in [0.1, 0.15) is 5.56 Å². The lowest BCUT2D eigenvalue weighted by Crippen LogP contribution is -2.27. The van der Waals surface area contributed by atoms with Crippen LogP contribution in [-0.4, -0.2) is 26.2 Å². The molecule has 0 unspecified atom stereocenters. The molecular weight excluding hydrogens is 282 g/mol. The number of rotatable bonds is 2. The summed E-state index contributed by atoms with van der Waals surface area (Å²) >= 11 is 1.40. The Kier molecular flexibility index (Phi) is 2.75. The number of thiazole rings is 1. The average Bonchev–Trinajstić information content (AvgIpc) is 2.92. The highest BCUT2D eigenvalue weighted by Crippen LogP contribution is 2.34. The van der Waals surface area contributed by atoms with Crippen molar-refractivity contribution in [3.8, 4) is 11.3 Å². The lowest BCUT2D eigenvalue weighted by molar-refractivity contribution is 0.598. The van der Waals surface area contributed by atoms with Gasteiger partial charge in [0.1, 0.15) is 0 Å². The van der Waals surface area contributed by atoms with Crippen molar-refractivity contribution in [1.82, 2.24) is 4.98 Å². The maximum atomic E-state index is 11.7. The minimum atomic E-state index is -3.19. The monoisotopic (exact) mass is 295 g/mol. The van der Waals surface area contributed by atoms with E-state index in [-0.39, 0.29) is 0 Å². The van der Waals surface area contributed by atoms with Crippen LogP contribution in [0.3, 0.4) is 0 Å². The highest BCUT2D eigenvalue weighted by atomic mass is 32.2.